The summed E-state index contributed by atoms with van der Waals surface area (Å²) in [6.07, 6.45) is 0. The van der Waals surface area contributed by atoms with Gasteiger partial charge in [0.2, 0.25) is 5.82 Å². The molecule has 0 unspecified atom stereocenters. The molecule has 0 fully saturated rings. The van der Waals surface area contributed by atoms with Gasteiger partial charge in [-0.2, -0.15) is 0 Å². The van der Waals surface area contributed by atoms with Crippen molar-refractivity contribution in [1.82, 2.24) is 18.7 Å². The largest absolute Gasteiger partial charge is 0.475 e. The van der Waals surface area contributed by atoms with Gasteiger partial charge in [-0.3, -0.25) is 13.9 Å². The fourth-order valence-electron chi connectivity index (χ4n) is 1.71. The summed E-state index contributed by atoms with van der Waals surface area (Å²) in [6.45, 7) is 0. The molecule has 17 heavy (non-hydrogen) atoms. The molecule has 0 atom stereocenters. The molecule has 0 aliphatic rings. The number of hydrogen-bond donors (Lipinski definition) is 1. The highest BCUT2D eigenvalue weighted by atomic mass is 16.4. The average Bonchev–Trinajstić information content (AvgIpc) is 2.62. The summed E-state index contributed by atoms with van der Waals surface area (Å²) in [5.74, 6) is -1.53. The second-order valence-corrected chi connectivity index (χ2v) is 3.68. The number of carboxylic acids is 1. The van der Waals surface area contributed by atoms with Crippen LogP contribution in [0.2, 0.25) is 0 Å². The molecule has 2 rings (SSSR count). The zero-order valence-corrected chi connectivity index (χ0v) is 9.46. The molecule has 1 N–H and O–H groups in total. The Hall–Kier alpha value is -2.38. The lowest BCUT2D eigenvalue weighted by Crippen LogP contribution is -2.37. The third kappa shape index (κ3) is 1.30. The molecule has 90 valence electrons. The molecule has 0 bridgehead atoms. The van der Waals surface area contributed by atoms with Crippen molar-refractivity contribution >= 4 is 17.1 Å². The molecule has 2 aromatic heterocycles. The highest BCUT2D eigenvalue weighted by Crippen LogP contribution is 2.08. The van der Waals surface area contributed by atoms with Crippen LogP contribution in [0.1, 0.15) is 10.6 Å². The number of aryl methyl sites for hydroxylation is 2. The predicted molar refractivity (Wildman–Crippen MR) is 58.2 cm³/mol. The molecule has 8 nitrogen and oxygen atoms in total. The molecule has 0 aliphatic heterocycles. The highest BCUT2D eigenvalue weighted by molar-refractivity contribution is 5.88. The van der Waals surface area contributed by atoms with Gasteiger partial charge in [-0.05, 0) is 0 Å². The molecule has 0 spiro atoms. The van der Waals surface area contributed by atoms with Crippen LogP contribution in [0.4, 0.5) is 0 Å². The molecule has 8 heteroatoms. The minimum absolute atomic E-state index is 0.0676. The van der Waals surface area contributed by atoms with E-state index in [2.05, 4.69) is 4.98 Å². The molecule has 0 aliphatic carbocycles. The van der Waals surface area contributed by atoms with E-state index in [1.54, 1.807) is 0 Å². The molecule has 0 amide bonds. The fourth-order valence-corrected chi connectivity index (χ4v) is 1.71. The summed E-state index contributed by atoms with van der Waals surface area (Å²) in [5.41, 5.74) is -0.951. The maximum absolute atomic E-state index is 11.9. The van der Waals surface area contributed by atoms with Crippen LogP contribution in [-0.2, 0) is 21.1 Å². The van der Waals surface area contributed by atoms with Crippen LogP contribution in [0.25, 0.3) is 11.2 Å². The molecule has 2 heterocycles. The van der Waals surface area contributed by atoms with Crippen LogP contribution in [0.15, 0.2) is 9.59 Å². The Balaban J connectivity index is 3.14. The first-order valence-corrected chi connectivity index (χ1v) is 4.72. The predicted octanol–water partition coefficient (Wildman–Crippen LogP) is -1.33. The maximum atomic E-state index is 11.9. The van der Waals surface area contributed by atoms with Gasteiger partial charge in [0, 0.05) is 21.1 Å². The van der Waals surface area contributed by atoms with Crippen molar-refractivity contribution in [2.75, 3.05) is 0 Å². The summed E-state index contributed by atoms with van der Waals surface area (Å²) in [5, 5.41) is 8.91. The van der Waals surface area contributed by atoms with E-state index in [1.165, 1.54) is 25.7 Å². The van der Waals surface area contributed by atoms with Crippen molar-refractivity contribution in [3.63, 3.8) is 0 Å². The van der Waals surface area contributed by atoms with Gasteiger partial charge in [-0.1, -0.05) is 0 Å². The summed E-state index contributed by atoms with van der Waals surface area (Å²) in [6, 6.07) is 0. The molecular weight excluding hydrogens is 228 g/mol. The average molecular weight is 238 g/mol. The highest BCUT2D eigenvalue weighted by Gasteiger charge is 2.20. The van der Waals surface area contributed by atoms with Crippen molar-refractivity contribution in [2.45, 2.75) is 0 Å². The second kappa shape index (κ2) is 3.30. The number of carbonyl (C=O) groups is 1. The van der Waals surface area contributed by atoms with E-state index >= 15 is 0 Å². The van der Waals surface area contributed by atoms with Crippen LogP contribution in [0.5, 0.6) is 0 Å². The van der Waals surface area contributed by atoms with Crippen LogP contribution in [0.3, 0.4) is 0 Å². The van der Waals surface area contributed by atoms with E-state index < -0.39 is 17.2 Å². The number of rotatable bonds is 1. The third-order valence-corrected chi connectivity index (χ3v) is 2.67. The Bertz CT molecular complexity index is 749. The third-order valence-electron chi connectivity index (χ3n) is 2.67. The number of hydrogen-bond acceptors (Lipinski definition) is 4. The van der Waals surface area contributed by atoms with Crippen molar-refractivity contribution in [3.8, 4) is 0 Å². The Labute approximate surface area is 94.3 Å². The number of aromatic carboxylic acids is 1. The first-order chi connectivity index (χ1) is 7.86. The lowest BCUT2D eigenvalue weighted by atomic mass is 10.5. The first-order valence-electron chi connectivity index (χ1n) is 4.72. The molecule has 0 saturated carbocycles. The van der Waals surface area contributed by atoms with E-state index in [1.807, 2.05) is 0 Å². The molecule has 0 aromatic carbocycles. The number of nitrogens with zero attached hydrogens (tertiary/aromatic N) is 4. The van der Waals surface area contributed by atoms with Crippen molar-refractivity contribution in [2.24, 2.45) is 21.1 Å². The van der Waals surface area contributed by atoms with Gasteiger partial charge in [0.1, 0.15) is 0 Å². The fraction of sp³-hybridized carbons (Fsp3) is 0.333. The van der Waals surface area contributed by atoms with Crippen molar-refractivity contribution < 1.29 is 9.90 Å². The van der Waals surface area contributed by atoms with Crippen molar-refractivity contribution in [1.29, 1.82) is 0 Å². The summed E-state index contributed by atoms with van der Waals surface area (Å²) in [4.78, 5) is 38.2. The number of imidazole rings is 1. The van der Waals surface area contributed by atoms with E-state index in [-0.39, 0.29) is 17.0 Å². The minimum Gasteiger partial charge on any atom is -0.475 e. The van der Waals surface area contributed by atoms with E-state index in [4.69, 9.17) is 5.11 Å². The summed E-state index contributed by atoms with van der Waals surface area (Å²) < 4.78 is 3.22. The van der Waals surface area contributed by atoms with Crippen LogP contribution >= 0.6 is 0 Å². The van der Waals surface area contributed by atoms with Crippen LogP contribution in [0, 0.1) is 0 Å². The normalized spacial score (nSPS) is 11.0. The second-order valence-electron chi connectivity index (χ2n) is 3.68. The first kappa shape index (κ1) is 11.1. The molecule has 0 saturated heterocycles. The van der Waals surface area contributed by atoms with Gasteiger partial charge in [0.25, 0.3) is 5.56 Å². The number of fused-ring (bicyclic) bond motifs is 1. The Morgan fingerprint density at radius 2 is 1.71 bits per heavy atom. The zero-order chi connectivity index (χ0) is 12.9. The Kier molecular flexibility index (Phi) is 2.16. The Morgan fingerprint density at radius 1 is 1.12 bits per heavy atom. The SMILES string of the molecule is Cn1c(=O)c2c(nc(C(=O)O)n2C)n(C)c1=O. The van der Waals surface area contributed by atoms with E-state index in [9.17, 15) is 14.4 Å². The maximum Gasteiger partial charge on any atom is 0.372 e. The minimum atomic E-state index is -1.25. The van der Waals surface area contributed by atoms with Gasteiger partial charge in [0.05, 0.1) is 0 Å². The number of aromatic nitrogens is 4. The van der Waals surface area contributed by atoms with Crippen molar-refractivity contribution in [3.05, 3.63) is 26.7 Å². The topological polar surface area (TPSA) is 99.1 Å². The van der Waals surface area contributed by atoms with E-state index in [0.29, 0.717) is 0 Å². The summed E-state index contributed by atoms with van der Waals surface area (Å²) in [7, 11) is 4.19. The van der Waals surface area contributed by atoms with Crippen LogP contribution < -0.4 is 11.2 Å². The van der Waals surface area contributed by atoms with E-state index in [0.717, 1.165) is 9.13 Å². The van der Waals surface area contributed by atoms with Gasteiger partial charge in [0.15, 0.2) is 11.2 Å². The van der Waals surface area contributed by atoms with Crippen LogP contribution in [-0.4, -0.2) is 29.8 Å². The number of carboxylic acid groups (broad SMARTS) is 1. The smallest absolute Gasteiger partial charge is 0.372 e. The summed E-state index contributed by atoms with van der Waals surface area (Å²) >= 11 is 0. The van der Waals surface area contributed by atoms with Gasteiger partial charge < -0.3 is 9.67 Å². The lowest BCUT2D eigenvalue weighted by Gasteiger charge is -2.02. The molecule has 0 radical (unpaired) electrons. The quantitative estimate of drug-likeness (QED) is 0.663. The zero-order valence-electron chi connectivity index (χ0n) is 9.46. The molecular formula is C9H10N4O4. The molecule has 2 aromatic rings. The monoisotopic (exact) mass is 238 g/mol. The standard InChI is InChI=1S/C9H10N4O4/c1-11-4-5(10-6(11)8(15)16)12(2)9(17)13(3)7(4)14/h1-3H3,(H,15,16). The Morgan fingerprint density at radius 3 is 2.24 bits per heavy atom. The van der Waals surface area contributed by atoms with Gasteiger partial charge in [-0.15, -0.1) is 0 Å². The van der Waals surface area contributed by atoms with Gasteiger partial charge in [-0.25, -0.2) is 14.6 Å². The van der Waals surface area contributed by atoms with Gasteiger partial charge >= 0.3 is 11.7 Å². The lowest BCUT2D eigenvalue weighted by molar-refractivity contribution is 0.0680.